The van der Waals surface area contributed by atoms with Crippen molar-refractivity contribution in [3.63, 3.8) is 0 Å². The fraction of sp³-hybridized carbons (Fsp3) is 0.629. The van der Waals surface area contributed by atoms with Crippen molar-refractivity contribution >= 4 is 23.4 Å². The summed E-state index contributed by atoms with van der Waals surface area (Å²) in [5.41, 5.74) is 13.4. The molecule has 10 unspecified atom stereocenters. The summed E-state index contributed by atoms with van der Waals surface area (Å²) in [5.74, 6) is -1.51. The number of nitrogens with two attached hydrogens (primary N) is 2. The number of nitrogens with one attached hydrogen (secondary N) is 2. The van der Waals surface area contributed by atoms with Gasteiger partial charge in [0.2, 0.25) is 11.8 Å². The molecule has 0 bridgehead atoms. The third-order valence-electron chi connectivity index (χ3n) is 9.48. The monoisotopic (exact) mass is 718 g/mol. The Labute approximate surface area is 298 Å². The minimum atomic E-state index is -1.67. The molecule has 0 radical (unpaired) electrons. The molecule has 10 atom stereocenters. The van der Waals surface area contributed by atoms with Gasteiger partial charge in [-0.25, -0.2) is 0 Å². The zero-order chi connectivity index (χ0) is 37.2. The molecule has 1 aromatic carbocycles. The number of aryl methyl sites for hydroxylation is 1. The Morgan fingerprint density at radius 1 is 1.04 bits per heavy atom. The first-order valence-electron chi connectivity index (χ1n) is 17.6. The minimum Gasteiger partial charge on any atom is -0.387 e. The maximum atomic E-state index is 13.1. The Bertz CT molecular complexity index is 1360. The highest BCUT2D eigenvalue weighted by molar-refractivity contribution is 5.90. The van der Waals surface area contributed by atoms with E-state index in [1.165, 1.54) is 53.3 Å². The summed E-state index contributed by atoms with van der Waals surface area (Å²) < 4.78 is 17.8. The number of unbranched alkanes of at least 4 members (excludes halogenated alkanes) is 4. The van der Waals surface area contributed by atoms with Gasteiger partial charge in [0.05, 0.1) is 0 Å². The lowest BCUT2D eigenvalue weighted by Crippen LogP contribution is -2.59. The van der Waals surface area contributed by atoms with Crippen molar-refractivity contribution in [3.8, 4) is 0 Å². The summed E-state index contributed by atoms with van der Waals surface area (Å²) in [6, 6.07) is 6.42. The molecule has 0 aliphatic carbocycles. The number of amides is 3. The number of ether oxygens (including phenoxy) is 3. The highest BCUT2D eigenvalue weighted by Crippen LogP contribution is 2.34. The van der Waals surface area contributed by atoms with Crippen molar-refractivity contribution in [1.82, 2.24) is 15.1 Å². The summed E-state index contributed by atoms with van der Waals surface area (Å²) in [6.07, 6.45) is -3.06. The molecule has 10 N–H and O–H groups in total. The maximum absolute atomic E-state index is 13.1. The van der Waals surface area contributed by atoms with E-state index in [4.69, 9.17) is 25.7 Å². The first-order valence-corrected chi connectivity index (χ1v) is 17.6. The highest BCUT2D eigenvalue weighted by Gasteiger charge is 2.55. The molecule has 16 heteroatoms. The van der Waals surface area contributed by atoms with E-state index in [0.29, 0.717) is 12.1 Å². The van der Waals surface area contributed by atoms with E-state index in [9.17, 15) is 34.8 Å². The number of aliphatic hydroxyl groups excluding tert-OH is 4. The number of carbonyl (C=O) groups is 3. The standard InChI is InChI=1S/C35H54N6O10/c1-4-5-6-7-8-10-21-12-14-22(15-13-21)39-24(42)11-9-17-40(3)26(33(37)48)31(51-35-30(47)27(44)23(19-36)49-35)32-28(45)29(46)34(50-32)41-18-16-25(43)38-20(41)2/h12-16,18,23,26-32,34-35,44-47H,2,4-11,17,19,36H2,1,3H3,(H2,37,48)(H,38,43)(H,39,42). The van der Waals surface area contributed by atoms with Gasteiger partial charge in [-0.3, -0.25) is 19.3 Å². The molecule has 0 spiro atoms. The number of nitrogens with zero attached hydrogens (tertiary/aromatic N) is 2. The van der Waals surface area contributed by atoms with Crippen molar-refractivity contribution in [2.24, 2.45) is 11.5 Å². The van der Waals surface area contributed by atoms with Gasteiger partial charge in [-0.05, 0) is 50.6 Å². The first-order chi connectivity index (χ1) is 24.4. The maximum Gasteiger partial charge on any atom is 0.250 e. The number of hydrogen-bond acceptors (Lipinski definition) is 13. The molecule has 16 nitrogen and oxygen atoms in total. The molecule has 1 aromatic rings. The van der Waals surface area contributed by atoms with Crippen LogP contribution in [0.25, 0.3) is 0 Å². The Morgan fingerprint density at radius 3 is 2.37 bits per heavy atom. The fourth-order valence-electron chi connectivity index (χ4n) is 6.59. The van der Waals surface area contributed by atoms with Gasteiger partial charge in [0, 0.05) is 30.9 Å². The second kappa shape index (κ2) is 18.9. The zero-order valence-electron chi connectivity index (χ0n) is 29.3. The van der Waals surface area contributed by atoms with Crippen LogP contribution < -0.4 is 22.1 Å². The van der Waals surface area contributed by atoms with Crippen LogP contribution in [0.1, 0.15) is 57.4 Å². The van der Waals surface area contributed by atoms with E-state index < -0.39 is 73.1 Å². The number of benzene rings is 1. The average Bonchev–Trinajstić information content (AvgIpc) is 3.53. The number of hydrogen-bond donors (Lipinski definition) is 8. The predicted octanol–water partition coefficient (Wildman–Crippen LogP) is -0.642. The summed E-state index contributed by atoms with van der Waals surface area (Å²) in [4.78, 5) is 40.5. The molecule has 4 rings (SSSR count). The van der Waals surface area contributed by atoms with Crippen LogP contribution in [-0.4, -0.2) is 129 Å². The van der Waals surface area contributed by atoms with Crippen LogP contribution in [0.3, 0.4) is 0 Å². The normalized spacial score (nSPS) is 29.0. The lowest BCUT2D eigenvalue weighted by molar-refractivity contribution is -0.232. The number of anilines is 1. The van der Waals surface area contributed by atoms with Crippen LogP contribution in [0.4, 0.5) is 5.69 Å². The van der Waals surface area contributed by atoms with Crippen molar-refractivity contribution in [2.75, 3.05) is 25.5 Å². The third kappa shape index (κ3) is 10.3. The van der Waals surface area contributed by atoms with Crippen molar-refractivity contribution < 1.29 is 49.0 Å². The Hall–Kier alpha value is -3.45. The molecular formula is C35H54N6O10. The Kier molecular flexibility index (Phi) is 14.9. The third-order valence-corrected chi connectivity index (χ3v) is 9.48. The van der Waals surface area contributed by atoms with Crippen LogP contribution in [0, 0.1) is 0 Å². The van der Waals surface area contributed by atoms with Gasteiger partial charge in [0.25, 0.3) is 5.91 Å². The fourth-order valence-corrected chi connectivity index (χ4v) is 6.59. The highest BCUT2D eigenvalue weighted by atomic mass is 16.7. The predicted molar refractivity (Wildman–Crippen MR) is 186 cm³/mol. The molecule has 3 amide bonds. The summed E-state index contributed by atoms with van der Waals surface area (Å²) in [6.45, 7) is 5.96. The minimum absolute atomic E-state index is 0.0657. The second-order valence-electron chi connectivity index (χ2n) is 13.3. The van der Waals surface area contributed by atoms with Gasteiger partial charge in [-0.1, -0.05) is 51.3 Å². The largest absolute Gasteiger partial charge is 0.387 e. The van der Waals surface area contributed by atoms with E-state index in [1.54, 1.807) is 7.05 Å². The van der Waals surface area contributed by atoms with Gasteiger partial charge in [0.15, 0.2) is 12.5 Å². The molecule has 0 saturated carbocycles. The molecule has 2 saturated heterocycles. The average molecular weight is 719 g/mol. The van der Waals surface area contributed by atoms with Crippen LogP contribution in [0.2, 0.25) is 0 Å². The number of likely N-dealkylation sites (N-methyl/N-ethyl adjacent to an activating group) is 1. The molecule has 2 fully saturated rings. The second-order valence-corrected chi connectivity index (χ2v) is 13.3. The molecule has 51 heavy (non-hydrogen) atoms. The van der Waals surface area contributed by atoms with Crippen molar-refractivity contribution in [1.29, 1.82) is 0 Å². The number of aliphatic hydroxyl groups is 4. The van der Waals surface area contributed by atoms with E-state index in [1.807, 2.05) is 24.3 Å². The Balaban J connectivity index is 1.43. The van der Waals surface area contributed by atoms with Crippen LogP contribution in [-0.2, 0) is 35.0 Å². The molecule has 284 valence electrons. The SMILES string of the molecule is C=C1NC(=O)C=CN1C1OC(C(OC2OC(CN)C(O)C2O)C(C(N)=O)N(C)CCCC(=O)Nc2ccc(CCCCCCC)cc2)C(O)C1O. The lowest BCUT2D eigenvalue weighted by atomic mass is 9.97. The van der Waals surface area contributed by atoms with E-state index in [2.05, 4.69) is 24.1 Å². The van der Waals surface area contributed by atoms with Crippen molar-refractivity contribution in [2.45, 2.75) is 120 Å². The van der Waals surface area contributed by atoms with Gasteiger partial charge >= 0.3 is 0 Å². The van der Waals surface area contributed by atoms with Gasteiger partial charge in [-0.2, -0.15) is 0 Å². The Morgan fingerprint density at radius 2 is 1.75 bits per heavy atom. The van der Waals surface area contributed by atoms with E-state index in [0.717, 1.165) is 12.8 Å². The van der Waals surface area contributed by atoms with Crippen LogP contribution >= 0.6 is 0 Å². The summed E-state index contributed by atoms with van der Waals surface area (Å²) >= 11 is 0. The number of carbonyl (C=O) groups excluding carboxylic acids is 3. The topological polar surface area (TPSA) is 242 Å². The van der Waals surface area contributed by atoms with E-state index >= 15 is 0 Å². The quantitative estimate of drug-likeness (QED) is 0.0832. The lowest BCUT2D eigenvalue weighted by Gasteiger charge is -2.38. The smallest absolute Gasteiger partial charge is 0.250 e. The summed E-state index contributed by atoms with van der Waals surface area (Å²) in [5, 5.41) is 48.8. The molecule has 3 heterocycles. The molecule has 0 aromatic heterocycles. The number of primary amides is 1. The molecule has 3 aliphatic rings. The van der Waals surface area contributed by atoms with Gasteiger partial charge in [-0.15, -0.1) is 0 Å². The van der Waals surface area contributed by atoms with Crippen LogP contribution in [0.5, 0.6) is 0 Å². The zero-order valence-corrected chi connectivity index (χ0v) is 29.3. The summed E-state index contributed by atoms with van der Waals surface area (Å²) in [7, 11) is 1.56. The van der Waals surface area contributed by atoms with Crippen LogP contribution in [0.15, 0.2) is 48.9 Å². The van der Waals surface area contributed by atoms with E-state index in [-0.39, 0.29) is 31.2 Å². The van der Waals surface area contributed by atoms with Crippen molar-refractivity contribution in [3.05, 3.63) is 54.5 Å². The molecule has 3 aliphatic heterocycles. The first kappa shape index (κ1) is 40.3. The van der Waals surface area contributed by atoms with Gasteiger partial charge in [0.1, 0.15) is 54.6 Å². The van der Waals surface area contributed by atoms with Gasteiger partial charge < -0.3 is 61.6 Å². The number of rotatable bonds is 19. The molecular weight excluding hydrogens is 664 g/mol.